The van der Waals surface area contributed by atoms with Crippen LogP contribution >= 0.6 is 11.3 Å². The van der Waals surface area contributed by atoms with E-state index < -0.39 is 0 Å². The predicted octanol–water partition coefficient (Wildman–Crippen LogP) is 2.54. The number of amides is 1. The van der Waals surface area contributed by atoms with Gasteiger partial charge in [0.25, 0.3) is 0 Å². The summed E-state index contributed by atoms with van der Waals surface area (Å²) in [4.78, 5) is 21.2. The molecule has 4 rings (SSSR count). The van der Waals surface area contributed by atoms with Gasteiger partial charge in [-0.25, -0.2) is 4.98 Å². The number of thiazole rings is 1. The monoisotopic (exact) mass is 371 g/mol. The Morgan fingerprint density at radius 1 is 1.23 bits per heavy atom. The normalized spacial score (nSPS) is 17.2. The van der Waals surface area contributed by atoms with E-state index in [2.05, 4.69) is 15.3 Å². The molecule has 136 valence electrons. The van der Waals surface area contributed by atoms with Crippen LogP contribution < -0.4 is 9.47 Å². The van der Waals surface area contributed by atoms with Gasteiger partial charge in [-0.05, 0) is 30.7 Å². The third-order valence-corrected chi connectivity index (χ3v) is 5.48. The van der Waals surface area contributed by atoms with Crippen LogP contribution in [0.25, 0.3) is 6.08 Å². The summed E-state index contributed by atoms with van der Waals surface area (Å²) in [7, 11) is 0. The Morgan fingerprint density at radius 3 is 2.81 bits per heavy atom. The van der Waals surface area contributed by atoms with Crippen molar-refractivity contribution in [2.24, 2.45) is 0 Å². The molecule has 1 saturated heterocycles. The summed E-state index contributed by atoms with van der Waals surface area (Å²) in [6.07, 6.45) is 3.46. The SMILES string of the molecule is Cc1csc(CN2CCN(C(=O)/C=C/c3ccc4c(c3)OCO4)CC2)n1. The van der Waals surface area contributed by atoms with Gasteiger partial charge in [-0.15, -0.1) is 11.3 Å². The Bertz CT molecular complexity index is 825. The summed E-state index contributed by atoms with van der Waals surface area (Å²) < 4.78 is 10.7. The van der Waals surface area contributed by atoms with Gasteiger partial charge in [0, 0.05) is 43.3 Å². The molecule has 6 nitrogen and oxygen atoms in total. The average molecular weight is 371 g/mol. The van der Waals surface area contributed by atoms with Crippen molar-refractivity contribution < 1.29 is 14.3 Å². The molecule has 0 N–H and O–H groups in total. The highest BCUT2D eigenvalue weighted by Gasteiger charge is 2.20. The molecular weight excluding hydrogens is 350 g/mol. The average Bonchev–Trinajstić information content (AvgIpc) is 3.28. The lowest BCUT2D eigenvalue weighted by molar-refractivity contribution is -0.127. The number of hydrogen-bond donors (Lipinski definition) is 0. The molecule has 2 aliphatic rings. The van der Waals surface area contributed by atoms with Crippen LogP contribution in [0.1, 0.15) is 16.3 Å². The third-order valence-electron chi connectivity index (χ3n) is 4.52. The van der Waals surface area contributed by atoms with Crippen molar-refractivity contribution in [2.75, 3.05) is 33.0 Å². The molecule has 2 aromatic rings. The summed E-state index contributed by atoms with van der Waals surface area (Å²) in [5.41, 5.74) is 2.01. The summed E-state index contributed by atoms with van der Waals surface area (Å²) >= 11 is 1.70. The second-order valence-electron chi connectivity index (χ2n) is 6.43. The third kappa shape index (κ3) is 3.89. The topological polar surface area (TPSA) is 54.9 Å². The molecule has 0 saturated carbocycles. The molecule has 3 heterocycles. The predicted molar refractivity (Wildman–Crippen MR) is 100 cm³/mol. The Morgan fingerprint density at radius 2 is 2.04 bits per heavy atom. The fraction of sp³-hybridized carbons (Fsp3) is 0.368. The largest absolute Gasteiger partial charge is 0.454 e. The standard InChI is InChI=1S/C19H21N3O3S/c1-14-12-26-18(20-14)11-21-6-8-22(9-7-21)19(23)5-3-15-2-4-16-17(10-15)25-13-24-16/h2-5,10,12H,6-9,11,13H2,1H3/b5-3+. The first-order chi connectivity index (χ1) is 12.7. The Labute approximate surface area is 156 Å². The number of aryl methyl sites for hydroxylation is 1. The van der Waals surface area contributed by atoms with Crippen molar-refractivity contribution in [3.05, 3.63) is 45.9 Å². The summed E-state index contributed by atoms with van der Waals surface area (Å²) in [6.45, 7) is 6.39. The van der Waals surface area contributed by atoms with Crippen LogP contribution in [0.4, 0.5) is 0 Å². The highest BCUT2D eigenvalue weighted by molar-refractivity contribution is 7.09. The lowest BCUT2D eigenvalue weighted by Crippen LogP contribution is -2.47. The van der Waals surface area contributed by atoms with E-state index in [9.17, 15) is 4.79 Å². The van der Waals surface area contributed by atoms with Gasteiger partial charge in [-0.2, -0.15) is 0 Å². The molecule has 0 spiro atoms. The lowest BCUT2D eigenvalue weighted by Gasteiger charge is -2.33. The zero-order valence-corrected chi connectivity index (χ0v) is 15.5. The number of hydrogen-bond acceptors (Lipinski definition) is 6. The molecule has 7 heteroatoms. The van der Waals surface area contributed by atoms with Crippen molar-refractivity contribution in [1.82, 2.24) is 14.8 Å². The molecule has 2 aliphatic heterocycles. The van der Waals surface area contributed by atoms with Crippen LogP contribution in [0.5, 0.6) is 11.5 Å². The van der Waals surface area contributed by atoms with Gasteiger partial charge in [0.2, 0.25) is 12.7 Å². The van der Waals surface area contributed by atoms with Crippen LogP contribution in [0.3, 0.4) is 0 Å². The fourth-order valence-electron chi connectivity index (χ4n) is 3.08. The molecule has 26 heavy (non-hydrogen) atoms. The minimum atomic E-state index is 0.0485. The van der Waals surface area contributed by atoms with Crippen LogP contribution in [-0.2, 0) is 11.3 Å². The van der Waals surface area contributed by atoms with E-state index in [-0.39, 0.29) is 12.7 Å². The van der Waals surface area contributed by atoms with Crippen molar-refractivity contribution in [1.29, 1.82) is 0 Å². The van der Waals surface area contributed by atoms with Crippen LogP contribution in [0, 0.1) is 6.92 Å². The van der Waals surface area contributed by atoms with Crippen molar-refractivity contribution in [2.45, 2.75) is 13.5 Å². The second kappa shape index (κ2) is 7.47. The lowest BCUT2D eigenvalue weighted by atomic mass is 10.2. The maximum atomic E-state index is 12.4. The van der Waals surface area contributed by atoms with Crippen molar-refractivity contribution >= 4 is 23.3 Å². The Hall–Kier alpha value is -2.38. The van der Waals surface area contributed by atoms with E-state index in [0.717, 1.165) is 60.5 Å². The molecule has 0 unspecified atom stereocenters. The molecule has 1 amide bonds. The van der Waals surface area contributed by atoms with Gasteiger partial charge in [0.15, 0.2) is 11.5 Å². The number of ether oxygens (including phenoxy) is 2. The maximum Gasteiger partial charge on any atom is 0.246 e. The quantitative estimate of drug-likeness (QED) is 0.773. The van der Waals surface area contributed by atoms with Gasteiger partial charge in [0.05, 0.1) is 6.54 Å². The zero-order valence-electron chi connectivity index (χ0n) is 14.7. The first kappa shape index (κ1) is 17.1. The highest BCUT2D eigenvalue weighted by atomic mass is 32.1. The number of carbonyl (C=O) groups excluding carboxylic acids is 1. The molecular formula is C19H21N3O3S. The van der Waals surface area contributed by atoms with Gasteiger partial charge >= 0.3 is 0 Å². The van der Waals surface area contributed by atoms with Gasteiger partial charge in [-0.3, -0.25) is 9.69 Å². The van der Waals surface area contributed by atoms with Crippen LogP contribution in [0.15, 0.2) is 29.7 Å². The summed E-state index contributed by atoms with van der Waals surface area (Å²) in [6, 6.07) is 5.68. The number of piperazine rings is 1. The van der Waals surface area contributed by atoms with Crippen LogP contribution in [-0.4, -0.2) is 53.7 Å². The number of carbonyl (C=O) groups is 1. The first-order valence-corrected chi connectivity index (χ1v) is 9.55. The molecule has 1 aromatic heterocycles. The van der Waals surface area contributed by atoms with E-state index in [4.69, 9.17) is 9.47 Å². The van der Waals surface area contributed by atoms with E-state index in [1.54, 1.807) is 17.4 Å². The summed E-state index contributed by atoms with van der Waals surface area (Å²) in [5, 5.41) is 3.22. The molecule has 1 fully saturated rings. The van der Waals surface area contributed by atoms with Gasteiger partial charge in [-0.1, -0.05) is 6.07 Å². The van der Waals surface area contributed by atoms with Gasteiger partial charge in [0.1, 0.15) is 5.01 Å². The maximum absolute atomic E-state index is 12.4. The number of rotatable bonds is 4. The Kier molecular flexibility index (Phi) is 4.90. The first-order valence-electron chi connectivity index (χ1n) is 8.67. The smallest absolute Gasteiger partial charge is 0.246 e. The molecule has 0 atom stereocenters. The minimum absolute atomic E-state index is 0.0485. The second-order valence-corrected chi connectivity index (χ2v) is 7.37. The number of nitrogens with zero attached hydrogens (tertiary/aromatic N) is 3. The van der Waals surface area contributed by atoms with E-state index in [1.807, 2.05) is 36.1 Å². The molecule has 0 bridgehead atoms. The number of benzene rings is 1. The molecule has 0 radical (unpaired) electrons. The number of aromatic nitrogens is 1. The fourth-order valence-corrected chi connectivity index (χ4v) is 3.90. The van der Waals surface area contributed by atoms with Gasteiger partial charge < -0.3 is 14.4 Å². The van der Waals surface area contributed by atoms with Crippen molar-refractivity contribution in [3.63, 3.8) is 0 Å². The molecule has 1 aromatic carbocycles. The van der Waals surface area contributed by atoms with Crippen molar-refractivity contribution in [3.8, 4) is 11.5 Å². The highest BCUT2D eigenvalue weighted by Crippen LogP contribution is 2.32. The zero-order chi connectivity index (χ0) is 17.9. The minimum Gasteiger partial charge on any atom is -0.454 e. The summed E-state index contributed by atoms with van der Waals surface area (Å²) in [5.74, 6) is 1.53. The molecule has 0 aliphatic carbocycles. The number of fused-ring (bicyclic) bond motifs is 1. The van der Waals surface area contributed by atoms with E-state index >= 15 is 0 Å². The van der Waals surface area contributed by atoms with Crippen LogP contribution in [0.2, 0.25) is 0 Å². The van der Waals surface area contributed by atoms with E-state index in [0.29, 0.717) is 0 Å². The Balaban J connectivity index is 1.29. The van der Waals surface area contributed by atoms with E-state index in [1.165, 1.54) is 0 Å².